The molecule has 0 aromatic rings. The number of ketones is 1. The van der Waals surface area contributed by atoms with Crippen LogP contribution in [0.4, 0.5) is 0 Å². The van der Waals surface area contributed by atoms with E-state index in [1.807, 2.05) is 6.08 Å². The molecular formula is C12H22INO. The Morgan fingerprint density at radius 3 is 2.53 bits per heavy atom. The third kappa shape index (κ3) is 12.0. The minimum Gasteiger partial charge on any atom is -0.303 e. The summed E-state index contributed by atoms with van der Waals surface area (Å²) in [5.74, 6) is 0.130. The summed E-state index contributed by atoms with van der Waals surface area (Å²) in [6, 6.07) is 0. The normalized spacial score (nSPS) is 11.5. The van der Waals surface area contributed by atoms with Gasteiger partial charge in [0, 0.05) is 6.54 Å². The topological polar surface area (TPSA) is 20.3 Å². The molecule has 0 atom stereocenters. The van der Waals surface area contributed by atoms with Crippen molar-refractivity contribution in [1.82, 2.24) is 4.90 Å². The number of allylic oxidation sites excluding steroid dienone is 1. The van der Waals surface area contributed by atoms with Crippen LogP contribution in [-0.2, 0) is 4.79 Å². The van der Waals surface area contributed by atoms with Gasteiger partial charge in [0.25, 0.3) is 0 Å². The molecule has 0 saturated carbocycles. The number of halogens is 1. The summed E-state index contributed by atoms with van der Waals surface area (Å²) in [6.07, 6.45) is 8.86. The zero-order valence-electron chi connectivity index (χ0n) is 9.84. The molecule has 0 unspecified atom stereocenters. The molecule has 0 amide bonds. The van der Waals surface area contributed by atoms with E-state index in [1.54, 1.807) is 13.0 Å². The van der Waals surface area contributed by atoms with Crippen molar-refractivity contribution in [2.75, 3.05) is 24.6 Å². The number of alkyl halides is 1. The lowest BCUT2D eigenvalue weighted by molar-refractivity contribution is -0.112. The Bertz CT molecular complexity index is 192. The van der Waals surface area contributed by atoms with Crippen molar-refractivity contribution in [3.63, 3.8) is 0 Å². The smallest absolute Gasteiger partial charge is 0.152 e. The molecule has 0 heterocycles. The van der Waals surface area contributed by atoms with Gasteiger partial charge in [-0.3, -0.25) is 4.79 Å². The van der Waals surface area contributed by atoms with Crippen LogP contribution >= 0.6 is 22.6 Å². The van der Waals surface area contributed by atoms with Gasteiger partial charge in [0.05, 0.1) is 0 Å². The van der Waals surface area contributed by atoms with Gasteiger partial charge in [-0.1, -0.05) is 41.5 Å². The molecule has 0 aromatic carbocycles. The minimum atomic E-state index is 0.130. The molecule has 0 saturated heterocycles. The van der Waals surface area contributed by atoms with Gasteiger partial charge in [-0.25, -0.2) is 0 Å². The highest BCUT2D eigenvalue weighted by molar-refractivity contribution is 14.1. The fourth-order valence-electron chi connectivity index (χ4n) is 1.32. The Kier molecular flexibility index (Phi) is 10.7. The molecule has 0 spiro atoms. The summed E-state index contributed by atoms with van der Waals surface area (Å²) < 4.78 is 1.27. The molecule has 0 bridgehead atoms. The molecule has 0 N–H and O–H groups in total. The van der Waals surface area contributed by atoms with Gasteiger partial charge in [0.2, 0.25) is 0 Å². The number of nitrogens with zero attached hydrogens (tertiary/aromatic N) is 1. The molecule has 0 aliphatic rings. The predicted octanol–water partition coefficient (Wildman–Crippen LogP) is 3.06. The second kappa shape index (κ2) is 10.6. The predicted molar refractivity (Wildman–Crippen MR) is 74.7 cm³/mol. The largest absolute Gasteiger partial charge is 0.303 e. The Morgan fingerprint density at radius 2 is 1.93 bits per heavy atom. The van der Waals surface area contributed by atoms with Crippen LogP contribution in [0.2, 0.25) is 0 Å². The summed E-state index contributed by atoms with van der Waals surface area (Å²) in [5, 5.41) is 0. The summed E-state index contributed by atoms with van der Waals surface area (Å²) in [4.78, 5) is 12.9. The maximum Gasteiger partial charge on any atom is 0.152 e. The molecule has 0 aliphatic heterocycles. The molecule has 88 valence electrons. The molecule has 15 heavy (non-hydrogen) atoms. The van der Waals surface area contributed by atoms with E-state index in [2.05, 4.69) is 34.5 Å². The first-order valence-corrected chi connectivity index (χ1v) is 7.11. The number of hydrogen-bond acceptors (Lipinski definition) is 2. The molecule has 0 fully saturated rings. The van der Waals surface area contributed by atoms with Crippen molar-refractivity contribution in [3.8, 4) is 0 Å². The zero-order chi connectivity index (χ0) is 11.5. The number of rotatable bonds is 9. The van der Waals surface area contributed by atoms with Crippen LogP contribution in [0.15, 0.2) is 12.2 Å². The first kappa shape index (κ1) is 15.1. The van der Waals surface area contributed by atoms with Crippen molar-refractivity contribution < 1.29 is 4.79 Å². The highest BCUT2D eigenvalue weighted by atomic mass is 127. The highest BCUT2D eigenvalue weighted by Crippen LogP contribution is 2.02. The Morgan fingerprint density at radius 1 is 1.27 bits per heavy atom. The minimum absolute atomic E-state index is 0.130. The van der Waals surface area contributed by atoms with Gasteiger partial charge in [0.15, 0.2) is 5.78 Å². The van der Waals surface area contributed by atoms with Crippen molar-refractivity contribution in [2.24, 2.45) is 0 Å². The highest BCUT2D eigenvalue weighted by Gasteiger charge is 1.95. The number of hydrogen-bond donors (Lipinski definition) is 0. The van der Waals surface area contributed by atoms with Crippen LogP contribution in [0, 0.1) is 0 Å². The van der Waals surface area contributed by atoms with E-state index >= 15 is 0 Å². The lowest BCUT2D eigenvalue weighted by Crippen LogP contribution is -2.19. The monoisotopic (exact) mass is 323 g/mol. The zero-order valence-corrected chi connectivity index (χ0v) is 12.0. The number of carbonyl (C=O) groups excluding carboxylic acids is 1. The Balaban J connectivity index is 3.33. The summed E-state index contributed by atoms with van der Waals surface area (Å²) in [6.45, 7) is 3.59. The van der Waals surface area contributed by atoms with Crippen LogP contribution in [0.5, 0.6) is 0 Å². The van der Waals surface area contributed by atoms with Crippen molar-refractivity contribution in [1.29, 1.82) is 0 Å². The van der Waals surface area contributed by atoms with Gasteiger partial charge >= 0.3 is 0 Å². The third-order valence-corrected chi connectivity index (χ3v) is 2.96. The van der Waals surface area contributed by atoms with E-state index in [1.165, 1.54) is 30.1 Å². The molecule has 0 radical (unpaired) electrons. The quantitative estimate of drug-likeness (QED) is 0.281. The van der Waals surface area contributed by atoms with Crippen molar-refractivity contribution in [2.45, 2.75) is 32.6 Å². The maximum absolute atomic E-state index is 10.7. The SMILES string of the molecule is CC(=O)/C=C/CN(C)CCCCCCI. The van der Waals surface area contributed by atoms with E-state index in [0.717, 1.165) is 13.1 Å². The number of carbonyl (C=O) groups is 1. The molecule has 0 aliphatic carbocycles. The Hall–Kier alpha value is 0.1000. The lowest BCUT2D eigenvalue weighted by atomic mass is 10.2. The van der Waals surface area contributed by atoms with Crippen LogP contribution in [0.3, 0.4) is 0 Å². The average Bonchev–Trinajstić information content (AvgIpc) is 2.17. The van der Waals surface area contributed by atoms with E-state index in [-0.39, 0.29) is 5.78 Å². The first-order valence-electron chi connectivity index (χ1n) is 5.58. The molecular weight excluding hydrogens is 301 g/mol. The lowest BCUT2D eigenvalue weighted by Gasteiger charge is -2.13. The van der Waals surface area contributed by atoms with E-state index in [0.29, 0.717) is 0 Å². The maximum atomic E-state index is 10.7. The van der Waals surface area contributed by atoms with E-state index in [9.17, 15) is 4.79 Å². The Labute approximate surface area is 107 Å². The first-order chi connectivity index (χ1) is 7.16. The van der Waals surface area contributed by atoms with Crippen LogP contribution < -0.4 is 0 Å². The van der Waals surface area contributed by atoms with Gasteiger partial charge < -0.3 is 4.90 Å². The van der Waals surface area contributed by atoms with Crippen molar-refractivity contribution >= 4 is 28.4 Å². The third-order valence-electron chi connectivity index (χ3n) is 2.19. The van der Waals surface area contributed by atoms with Gasteiger partial charge in [-0.05, 0) is 43.9 Å². The second-order valence-corrected chi connectivity index (χ2v) is 4.96. The van der Waals surface area contributed by atoms with E-state index in [4.69, 9.17) is 0 Å². The van der Waals surface area contributed by atoms with Gasteiger partial charge in [-0.2, -0.15) is 0 Å². The van der Waals surface area contributed by atoms with Crippen LogP contribution in [0.1, 0.15) is 32.6 Å². The number of likely N-dealkylation sites (N-methyl/N-ethyl adjacent to an activating group) is 1. The molecule has 2 nitrogen and oxygen atoms in total. The molecule has 0 rings (SSSR count). The van der Waals surface area contributed by atoms with Crippen LogP contribution in [0.25, 0.3) is 0 Å². The standard InChI is InChI=1S/C12H22INO/c1-12(15)8-7-11-14(2)10-6-4-3-5-9-13/h7-8H,3-6,9-11H2,1-2H3/b8-7+. The number of unbranched alkanes of at least 4 members (excludes halogenated alkanes) is 3. The molecule has 0 aromatic heterocycles. The summed E-state index contributed by atoms with van der Waals surface area (Å²) in [5.41, 5.74) is 0. The van der Waals surface area contributed by atoms with Gasteiger partial charge in [0.1, 0.15) is 0 Å². The molecule has 3 heteroatoms. The summed E-state index contributed by atoms with van der Waals surface area (Å²) >= 11 is 2.43. The van der Waals surface area contributed by atoms with Crippen molar-refractivity contribution in [3.05, 3.63) is 12.2 Å². The fraction of sp³-hybridized carbons (Fsp3) is 0.750. The average molecular weight is 323 g/mol. The fourth-order valence-corrected chi connectivity index (χ4v) is 1.86. The van der Waals surface area contributed by atoms with Gasteiger partial charge in [-0.15, -0.1) is 0 Å². The van der Waals surface area contributed by atoms with E-state index < -0.39 is 0 Å². The van der Waals surface area contributed by atoms with Crippen LogP contribution in [-0.4, -0.2) is 35.2 Å². The summed E-state index contributed by atoms with van der Waals surface area (Å²) in [7, 11) is 2.10. The second-order valence-electron chi connectivity index (χ2n) is 3.88.